The summed E-state index contributed by atoms with van der Waals surface area (Å²) in [6.45, 7) is 6.28. The second kappa shape index (κ2) is 58.6. The highest BCUT2D eigenvalue weighted by Crippen LogP contribution is 2.12. The highest BCUT2D eigenvalue weighted by atomic mass is 16.6. The van der Waals surface area contributed by atoms with E-state index in [0.29, 0.717) is 19.3 Å². The van der Waals surface area contributed by atoms with E-state index in [0.717, 1.165) is 135 Å². The maximum absolute atomic E-state index is 12.8. The van der Waals surface area contributed by atoms with Crippen LogP contribution in [0.4, 0.5) is 0 Å². The van der Waals surface area contributed by atoms with Crippen molar-refractivity contribution in [2.24, 2.45) is 0 Å². The fraction of sp³-hybridized carbons (Fsp3) is 0.561. The van der Waals surface area contributed by atoms with Gasteiger partial charge in [0.05, 0.1) is 0 Å². The molecule has 0 saturated heterocycles. The van der Waals surface area contributed by atoms with Crippen LogP contribution in [0.1, 0.15) is 220 Å². The minimum Gasteiger partial charge on any atom is -0.462 e. The number of esters is 3. The van der Waals surface area contributed by atoms with Crippen molar-refractivity contribution in [3.8, 4) is 0 Å². The van der Waals surface area contributed by atoms with E-state index >= 15 is 0 Å². The standard InChI is InChI=1S/C66H102O6/c1-4-7-10-13-16-19-22-25-27-29-31-32-33-34-36-37-39-41-44-47-50-53-56-59-65(68)71-62-63(61-70-64(67)58-55-52-49-46-43-24-21-18-15-12-9-6-3)72-66(69)60-57-54-51-48-45-42-40-38-35-30-28-26-23-20-17-14-11-8-5-2/h7-8,10-11,16-21,25-28,31-32,34-36,38-39,41-42,45,47,50,63H,4-6,9,12-15,22-24,29-30,33,37,40,43-44,46,48-49,51-62H2,1-3H3/b10-7-,11-8-,19-16-,20-17-,21-18-,27-25-,28-26-,32-31-,36-34-,38-35-,41-39-,45-42-,50-47-. The molecule has 0 amide bonds. The smallest absolute Gasteiger partial charge is 0.306 e. The third-order valence-electron chi connectivity index (χ3n) is 11.2. The first kappa shape index (κ1) is 67.0. The molecule has 0 aromatic rings. The molecule has 0 aliphatic rings. The molecule has 0 fully saturated rings. The van der Waals surface area contributed by atoms with Gasteiger partial charge in [0, 0.05) is 19.3 Å². The molecule has 402 valence electrons. The Morgan fingerprint density at radius 3 is 0.931 bits per heavy atom. The first-order valence-electron chi connectivity index (χ1n) is 28.5. The van der Waals surface area contributed by atoms with Gasteiger partial charge in [-0.05, 0) is 141 Å². The number of hydrogen-bond acceptors (Lipinski definition) is 6. The van der Waals surface area contributed by atoms with Crippen LogP contribution in [0, 0.1) is 0 Å². The number of allylic oxidation sites excluding steroid dienone is 26. The van der Waals surface area contributed by atoms with Crippen molar-refractivity contribution in [3.63, 3.8) is 0 Å². The Morgan fingerprint density at radius 2 is 0.556 bits per heavy atom. The quantitative estimate of drug-likeness (QED) is 0.0262. The molecule has 1 unspecified atom stereocenters. The summed E-state index contributed by atoms with van der Waals surface area (Å²) in [5.74, 6) is -1.03. The van der Waals surface area contributed by atoms with E-state index in [1.807, 2.05) is 0 Å². The van der Waals surface area contributed by atoms with Gasteiger partial charge < -0.3 is 14.2 Å². The van der Waals surface area contributed by atoms with Gasteiger partial charge in [-0.1, -0.05) is 217 Å². The van der Waals surface area contributed by atoms with E-state index in [4.69, 9.17) is 14.2 Å². The zero-order valence-corrected chi connectivity index (χ0v) is 45.9. The first-order valence-corrected chi connectivity index (χ1v) is 28.5. The Bertz CT molecular complexity index is 1660. The summed E-state index contributed by atoms with van der Waals surface area (Å²) < 4.78 is 16.8. The van der Waals surface area contributed by atoms with Crippen LogP contribution >= 0.6 is 0 Å². The minimum atomic E-state index is -0.831. The molecule has 0 aromatic heterocycles. The number of hydrogen-bond donors (Lipinski definition) is 0. The molecule has 0 heterocycles. The fourth-order valence-corrected chi connectivity index (χ4v) is 7.04. The number of ether oxygens (including phenoxy) is 3. The molecule has 0 N–H and O–H groups in total. The second-order valence-electron chi connectivity index (χ2n) is 18.1. The predicted octanol–water partition coefficient (Wildman–Crippen LogP) is 19.4. The van der Waals surface area contributed by atoms with Crippen molar-refractivity contribution < 1.29 is 28.6 Å². The molecule has 0 aliphatic heterocycles. The third-order valence-corrected chi connectivity index (χ3v) is 11.2. The van der Waals surface area contributed by atoms with Crippen molar-refractivity contribution in [3.05, 3.63) is 158 Å². The zero-order chi connectivity index (χ0) is 52.2. The Hall–Kier alpha value is -4.97. The molecule has 72 heavy (non-hydrogen) atoms. The molecule has 0 aromatic carbocycles. The number of unbranched alkanes of at least 4 members (excludes halogenated alkanes) is 12. The van der Waals surface area contributed by atoms with Gasteiger partial charge in [-0.3, -0.25) is 14.4 Å². The van der Waals surface area contributed by atoms with Crippen LogP contribution in [0.5, 0.6) is 0 Å². The summed E-state index contributed by atoms with van der Waals surface area (Å²) in [4.78, 5) is 38.1. The van der Waals surface area contributed by atoms with Gasteiger partial charge in [0.15, 0.2) is 6.10 Å². The van der Waals surface area contributed by atoms with Crippen LogP contribution < -0.4 is 0 Å². The van der Waals surface area contributed by atoms with Crippen molar-refractivity contribution >= 4 is 17.9 Å². The molecular formula is C66H102O6. The molecule has 1 atom stereocenters. The minimum absolute atomic E-state index is 0.121. The summed E-state index contributed by atoms with van der Waals surface area (Å²) in [7, 11) is 0. The van der Waals surface area contributed by atoms with Crippen LogP contribution in [0.2, 0.25) is 0 Å². The van der Waals surface area contributed by atoms with Gasteiger partial charge >= 0.3 is 17.9 Å². The predicted molar refractivity (Wildman–Crippen MR) is 311 cm³/mol. The molecule has 0 rings (SSSR count). The average Bonchev–Trinajstić information content (AvgIpc) is 3.38. The molecule has 0 spiro atoms. The molecule has 6 nitrogen and oxygen atoms in total. The summed E-state index contributed by atoms with van der Waals surface area (Å²) in [5, 5.41) is 0. The molecule has 0 bridgehead atoms. The van der Waals surface area contributed by atoms with Crippen LogP contribution in [0.25, 0.3) is 0 Å². The summed E-state index contributed by atoms with van der Waals surface area (Å²) in [6.07, 6.45) is 85.2. The maximum atomic E-state index is 12.8. The Kier molecular flexibility index (Phi) is 54.6. The van der Waals surface area contributed by atoms with Crippen LogP contribution in [0.3, 0.4) is 0 Å². The lowest BCUT2D eigenvalue weighted by Crippen LogP contribution is -2.30. The lowest BCUT2D eigenvalue weighted by atomic mass is 10.1. The normalized spacial score (nSPS) is 13.3. The largest absolute Gasteiger partial charge is 0.462 e. The van der Waals surface area contributed by atoms with Crippen molar-refractivity contribution in [2.75, 3.05) is 13.2 Å². The number of carbonyl (C=O) groups excluding carboxylic acids is 3. The van der Waals surface area contributed by atoms with Crippen LogP contribution in [-0.2, 0) is 28.6 Å². The molecule has 0 saturated carbocycles. The summed E-state index contributed by atoms with van der Waals surface area (Å²) in [5.41, 5.74) is 0. The Labute approximate surface area is 441 Å². The highest BCUT2D eigenvalue weighted by molar-refractivity contribution is 5.71. The van der Waals surface area contributed by atoms with Crippen molar-refractivity contribution in [2.45, 2.75) is 226 Å². The molecule has 0 aliphatic carbocycles. The topological polar surface area (TPSA) is 78.9 Å². The van der Waals surface area contributed by atoms with Gasteiger partial charge in [0.25, 0.3) is 0 Å². The van der Waals surface area contributed by atoms with Gasteiger partial charge in [0.1, 0.15) is 13.2 Å². The zero-order valence-electron chi connectivity index (χ0n) is 45.9. The fourth-order valence-electron chi connectivity index (χ4n) is 7.04. The number of rotatable bonds is 49. The third kappa shape index (κ3) is 56.0. The van der Waals surface area contributed by atoms with E-state index in [1.54, 1.807) is 0 Å². The van der Waals surface area contributed by atoms with E-state index in [9.17, 15) is 14.4 Å². The van der Waals surface area contributed by atoms with Gasteiger partial charge in [-0.2, -0.15) is 0 Å². The Balaban J connectivity index is 4.56. The molecular weight excluding hydrogens is 889 g/mol. The van der Waals surface area contributed by atoms with Crippen molar-refractivity contribution in [1.82, 2.24) is 0 Å². The van der Waals surface area contributed by atoms with Crippen LogP contribution in [-0.4, -0.2) is 37.2 Å². The lowest BCUT2D eigenvalue weighted by molar-refractivity contribution is -0.167. The maximum Gasteiger partial charge on any atom is 0.306 e. The van der Waals surface area contributed by atoms with Gasteiger partial charge in [0.2, 0.25) is 0 Å². The number of carbonyl (C=O) groups is 3. The molecule has 0 radical (unpaired) electrons. The van der Waals surface area contributed by atoms with E-state index in [1.165, 1.54) is 32.1 Å². The van der Waals surface area contributed by atoms with Gasteiger partial charge in [-0.15, -0.1) is 0 Å². The SMILES string of the molecule is CC/C=C\C/C=C\C/C=C\C/C=C\C/C=C\C/C=C\C/C=C\CCCC(=O)OCC(COC(=O)CCCCCCC/C=C\CCCCC)OC(=O)CCCCC/C=C\C/C=C\C/C=C\C/C=C\C/C=C\CC. The lowest BCUT2D eigenvalue weighted by Gasteiger charge is -2.18. The Morgan fingerprint density at radius 1 is 0.292 bits per heavy atom. The van der Waals surface area contributed by atoms with Gasteiger partial charge in [-0.25, -0.2) is 0 Å². The average molecular weight is 992 g/mol. The highest BCUT2D eigenvalue weighted by Gasteiger charge is 2.19. The monoisotopic (exact) mass is 991 g/mol. The first-order chi connectivity index (χ1) is 35.5. The van der Waals surface area contributed by atoms with E-state index in [-0.39, 0.29) is 44.0 Å². The van der Waals surface area contributed by atoms with E-state index < -0.39 is 6.10 Å². The van der Waals surface area contributed by atoms with Crippen LogP contribution in [0.15, 0.2) is 158 Å². The van der Waals surface area contributed by atoms with Crippen molar-refractivity contribution in [1.29, 1.82) is 0 Å². The summed E-state index contributed by atoms with van der Waals surface area (Å²) >= 11 is 0. The van der Waals surface area contributed by atoms with E-state index in [2.05, 4.69) is 179 Å². The summed E-state index contributed by atoms with van der Waals surface area (Å²) in [6, 6.07) is 0. The second-order valence-corrected chi connectivity index (χ2v) is 18.1. The molecule has 6 heteroatoms.